The van der Waals surface area contributed by atoms with E-state index in [1.807, 2.05) is 6.07 Å². The highest BCUT2D eigenvalue weighted by Gasteiger charge is 2.18. The number of pyridine rings is 1. The Morgan fingerprint density at radius 3 is 2.52 bits per heavy atom. The molecular weight excluding hydrogens is 416 g/mol. The van der Waals surface area contributed by atoms with Crippen LogP contribution >= 0.6 is 15.9 Å². The number of nitro benzene ring substituents is 1. The lowest BCUT2D eigenvalue weighted by Crippen LogP contribution is -2.19. The maximum Gasteiger partial charge on any atom is 0.293 e. The molecule has 3 rings (SSSR count). The van der Waals surface area contributed by atoms with Crippen LogP contribution in [0.2, 0.25) is 0 Å². The molecule has 8 nitrogen and oxygen atoms in total. The minimum Gasteiger partial charge on any atom is -0.350 e. The topological polar surface area (TPSA) is 117 Å². The second-order valence-corrected chi connectivity index (χ2v) is 6.41. The number of hydrogen-bond donors (Lipinski definition) is 3. The van der Waals surface area contributed by atoms with E-state index in [9.17, 15) is 19.7 Å². The van der Waals surface area contributed by atoms with Crippen LogP contribution in [0.1, 0.15) is 10.4 Å². The van der Waals surface area contributed by atoms with Gasteiger partial charge in [0.2, 0.25) is 0 Å². The molecule has 0 saturated carbocycles. The zero-order valence-corrected chi connectivity index (χ0v) is 15.3. The van der Waals surface area contributed by atoms with Gasteiger partial charge >= 0.3 is 0 Å². The quantitative estimate of drug-likeness (QED) is 0.418. The first kappa shape index (κ1) is 18.3. The van der Waals surface area contributed by atoms with Gasteiger partial charge in [0.05, 0.1) is 4.92 Å². The first-order valence-electron chi connectivity index (χ1n) is 7.74. The normalized spacial score (nSPS) is 10.3. The molecule has 1 aromatic heterocycles. The molecule has 0 radical (unpaired) electrons. The van der Waals surface area contributed by atoms with E-state index in [4.69, 9.17) is 0 Å². The number of anilines is 3. The number of amides is 1. The molecule has 1 amide bonds. The lowest BCUT2D eigenvalue weighted by atomic mass is 10.1. The summed E-state index contributed by atoms with van der Waals surface area (Å²) < 4.78 is 0.575. The van der Waals surface area contributed by atoms with Crippen molar-refractivity contribution in [2.24, 2.45) is 0 Å². The number of para-hydroxylation sites is 1. The van der Waals surface area contributed by atoms with Crippen LogP contribution in [-0.4, -0.2) is 15.8 Å². The summed E-state index contributed by atoms with van der Waals surface area (Å²) in [5.41, 5.74) is 0.280. The van der Waals surface area contributed by atoms with Gasteiger partial charge in [0, 0.05) is 28.0 Å². The minimum absolute atomic E-state index is 0.0310. The molecule has 3 aromatic rings. The number of H-pyrrole nitrogens is 1. The van der Waals surface area contributed by atoms with Crippen molar-refractivity contribution in [3.63, 3.8) is 0 Å². The predicted molar refractivity (Wildman–Crippen MR) is 106 cm³/mol. The van der Waals surface area contributed by atoms with Crippen LogP contribution in [0.5, 0.6) is 0 Å². The molecule has 0 spiro atoms. The van der Waals surface area contributed by atoms with Crippen molar-refractivity contribution in [1.82, 2.24) is 4.98 Å². The van der Waals surface area contributed by atoms with Gasteiger partial charge in [-0.3, -0.25) is 19.7 Å². The minimum atomic E-state index is -0.632. The fourth-order valence-corrected chi connectivity index (χ4v) is 2.69. The average Bonchev–Trinajstić information content (AvgIpc) is 2.65. The molecule has 0 aliphatic carbocycles. The van der Waals surface area contributed by atoms with E-state index in [-0.39, 0.29) is 22.6 Å². The van der Waals surface area contributed by atoms with E-state index in [0.29, 0.717) is 10.2 Å². The summed E-state index contributed by atoms with van der Waals surface area (Å²) in [6, 6.07) is 14.5. The summed E-state index contributed by atoms with van der Waals surface area (Å²) in [4.78, 5) is 37.5. The first-order chi connectivity index (χ1) is 12.9. The van der Waals surface area contributed by atoms with Crippen LogP contribution < -0.4 is 16.2 Å². The lowest BCUT2D eigenvalue weighted by Gasteiger charge is -2.09. The summed E-state index contributed by atoms with van der Waals surface area (Å²) >= 11 is 3.20. The maximum atomic E-state index is 12.4. The smallest absolute Gasteiger partial charge is 0.293 e. The van der Waals surface area contributed by atoms with Crippen molar-refractivity contribution in [2.45, 2.75) is 0 Å². The molecule has 0 bridgehead atoms. The van der Waals surface area contributed by atoms with Crippen molar-refractivity contribution in [3.05, 3.63) is 91.3 Å². The Bertz CT molecular complexity index is 1070. The number of aromatic amines is 1. The average molecular weight is 429 g/mol. The largest absolute Gasteiger partial charge is 0.350 e. The van der Waals surface area contributed by atoms with Gasteiger partial charge in [-0.15, -0.1) is 0 Å². The van der Waals surface area contributed by atoms with Crippen molar-refractivity contribution in [3.8, 4) is 0 Å². The fraction of sp³-hybridized carbons (Fsp3) is 0. The Kier molecular flexibility index (Phi) is 5.32. The Morgan fingerprint density at radius 1 is 1.07 bits per heavy atom. The SMILES string of the molecule is O=C(Nc1cc(Br)c[nH]c1=O)c1ccc(Nc2ccccc2)c([N+](=O)[O-])c1. The number of benzene rings is 2. The molecule has 27 heavy (non-hydrogen) atoms. The molecule has 0 unspecified atom stereocenters. The molecule has 9 heteroatoms. The molecule has 3 N–H and O–H groups in total. The van der Waals surface area contributed by atoms with Crippen LogP contribution in [0.3, 0.4) is 0 Å². The predicted octanol–water partition coefficient (Wildman–Crippen LogP) is 4.04. The number of nitro groups is 1. The van der Waals surface area contributed by atoms with Gasteiger partial charge in [-0.25, -0.2) is 0 Å². The third-order valence-electron chi connectivity index (χ3n) is 3.63. The van der Waals surface area contributed by atoms with Crippen molar-refractivity contribution < 1.29 is 9.72 Å². The standard InChI is InChI=1S/C18H13BrN4O4/c19-12-9-15(18(25)20-10-12)22-17(24)11-6-7-14(16(8-11)23(26)27)21-13-4-2-1-3-5-13/h1-10,21H,(H,20,25)(H,22,24). The highest BCUT2D eigenvalue weighted by molar-refractivity contribution is 9.10. The third-order valence-corrected chi connectivity index (χ3v) is 4.08. The van der Waals surface area contributed by atoms with Crippen LogP contribution in [0.25, 0.3) is 0 Å². The van der Waals surface area contributed by atoms with Gasteiger partial charge in [-0.05, 0) is 46.3 Å². The second kappa shape index (κ2) is 7.83. The van der Waals surface area contributed by atoms with E-state index < -0.39 is 16.4 Å². The van der Waals surface area contributed by atoms with Gasteiger partial charge in [0.25, 0.3) is 17.2 Å². The zero-order valence-electron chi connectivity index (χ0n) is 13.7. The van der Waals surface area contributed by atoms with E-state index in [0.717, 1.165) is 6.07 Å². The third kappa shape index (κ3) is 4.39. The number of carbonyl (C=O) groups excluding carboxylic acids is 1. The number of rotatable bonds is 5. The van der Waals surface area contributed by atoms with E-state index in [1.54, 1.807) is 24.3 Å². The molecule has 1 heterocycles. The number of aromatic nitrogens is 1. The molecule has 2 aromatic carbocycles. The highest BCUT2D eigenvalue weighted by atomic mass is 79.9. The summed E-state index contributed by atoms with van der Waals surface area (Å²) in [6.07, 6.45) is 1.44. The summed E-state index contributed by atoms with van der Waals surface area (Å²) in [5, 5.41) is 16.8. The van der Waals surface area contributed by atoms with Crippen LogP contribution in [0.15, 0.2) is 70.1 Å². The lowest BCUT2D eigenvalue weighted by molar-refractivity contribution is -0.383. The van der Waals surface area contributed by atoms with Gasteiger partial charge in [0.1, 0.15) is 11.4 Å². The maximum absolute atomic E-state index is 12.4. The number of halogens is 1. The Labute approximate surface area is 161 Å². The Balaban J connectivity index is 1.89. The molecule has 0 saturated heterocycles. The van der Waals surface area contributed by atoms with Crippen molar-refractivity contribution >= 4 is 44.6 Å². The molecule has 0 aliphatic heterocycles. The monoisotopic (exact) mass is 428 g/mol. The molecular formula is C18H13BrN4O4. The summed E-state index contributed by atoms with van der Waals surface area (Å²) in [5.74, 6) is -0.632. The van der Waals surface area contributed by atoms with E-state index >= 15 is 0 Å². The molecule has 136 valence electrons. The first-order valence-corrected chi connectivity index (χ1v) is 8.53. The summed E-state index contributed by atoms with van der Waals surface area (Å²) in [6.45, 7) is 0. The number of nitrogens with zero attached hydrogens (tertiary/aromatic N) is 1. The molecule has 0 aliphatic rings. The van der Waals surface area contributed by atoms with E-state index in [2.05, 4.69) is 31.5 Å². The second-order valence-electron chi connectivity index (χ2n) is 5.49. The van der Waals surface area contributed by atoms with Crippen molar-refractivity contribution in [1.29, 1.82) is 0 Å². The Hall–Kier alpha value is -3.46. The Morgan fingerprint density at radius 2 is 1.81 bits per heavy atom. The molecule has 0 atom stereocenters. The van der Waals surface area contributed by atoms with Crippen LogP contribution in [0.4, 0.5) is 22.7 Å². The van der Waals surface area contributed by atoms with Gasteiger partial charge < -0.3 is 15.6 Å². The van der Waals surface area contributed by atoms with Crippen LogP contribution in [0, 0.1) is 10.1 Å². The highest BCUT2D eigenvalue weighted by Crippen LogP contribution is 2.29. The number of hydrogen-bond acceptors (Lipinski definition) is 5. The fourth-order valence-electron chi connectivity index (χ4n) is 2.35. The van der Waals surface area contributed by atoms with Crippen LogP contribution in [-0.2, 0) is 0 Å². The zero-order chi connectivity index (χ0) is 19.4. The van der Waals surface area contributed by atoms with E-state index in [1.165, 1.54) is 24.4 Å². The van der Waals surface area contributed by atoms with Gasteiger partial charge in [0.15, 0.2) is 0 Å². The molecule has 0 fully saturated rings. The van der Waals surface area contributed by atoms with Gasteiger partial charge in [-0.1, -0.05) is 18.2 Å². The number of carbonyl (C=O) groups is 1. The van der Waals surface area contributed by atoms with Crippen molar-refractivity contribution in [2.75, 3.05) is 10.6 Å². The number of nitrogens with one attached hydrogen (secondary N) is 3. The van der Waals surface area contributed by atoms with Gasteiger partial charge in [-0.2, -0.15) is 0 Å². The summed E-state index contributed by atoms with van der Waals surface area (Å²) in [7, 11) is 0.